The lowest BCUT2D eigenvalue weighted by atomic mass is 10.2. The summed E-state index contributed by atoms with van der Waals surface area (Å²) in [5.41, 5.74) is -0.221. The summed E-state index contributed by atoms with van der Waals surface area (Å²) < 4.78 is 5.95. The third kappa shape index (κ3) is 3.29. The van der Waals surface area contributed by atoms with E-state index in [-0.39, 0.29) is 22.9 Å². The van der Waals surface area contributed by atoms with Crippen LogP contribution in [0.15, 0.2) is 53.3 Å². The zero-order valence-corrected chi connectivity index (χ0v) is 13.5. The minimum absolute atomic E-state index is 0.0646. The molecule has 10 heteroatoms. The Hall–Kier alpha value is -3.95. The SMILES string of the molecule is COc1ccc(NC(=O)c2nn(-c3ccccc3)c(=O)[nH]2)cc1[N+](=O)[O-]. The lowest BCUT2D eigenvalue weighted by Gasteiger charge is -2.05. The number of nitro groups is 1. The molecule has 2 aromatic carbocycles. The van der Waals surface area contributed by atoms with Gasteiger partial charge in [0.05, 0.1) is 17.7 Å². The first-order valence-corrected chi connectivity index (χ1v) is 7.38. The topological polar surface area (TPSA) is 132 Å². The average Bonchev–Trinajstić information content (AvgIpc) is 3.04. The second-order valence-corrected chi connectivity index (χ2v) is 5.12. The molecule has 26 heavy (non-hydrogen) atoms. The summed E-state index contributed by atoms with van der Waals surface area (Å²) in [7, 11) is 1.31. The molecule has 0 spiro atoms. The Kier molecular flexibility index (Phi) is 4.48. The molecule has 0 saturated carbocycles. The minimum Gasteiger partial charge on any atom is -0.490 e. The summed E-state index contributed by atoms with van der Waals surface area (Å²) in [4.78, 5) is 37.0. The van der Waals surface area contributed by atoms with E-state index in [1.54, 1.807) is 30.3 Å². The quantitative estimate of drug-likeness (QED) is 0.529. The van der Waals surface area contributed by atoms with Crippen LogP contribution in [0, 0.1) is 10.1 Å². The highest BCUT2D eigenvalue weighted by Crippen LogP contribution is 2.29. The standard InChI is InChI=1S/C16H13N5O5/c1-26-13-8-7-10(9-12(13)21(24)25)17-15(22)14-18-16(23)20(19-14)11-5-3-2-4-6-11/h2-9H,1H3,(H,17,22)(H,18,19,23). The van der Waals surface area contributed by atoms with Crippen molar-refractivity contribution in [1.29, 1.82) is 0 Å². The Balaban J connectivity index is 1.86. The summed E-state index contributed by atoms with van der Waals surface area (Å²) in [6.07, 6.45) is 0. The molecule has 2 N–H and O–H groups in total. The van der Waals surface area contributed by atoms with Gasteiger partial charge < -0.3 is 10.1 Å². The van der Waals surface area contributed by atoms with Crippen molar-refractivity contribution in [2.75, 3.05) is 12.4 Å². The van der Waals surface area contributed by atoms with Crippen molar-refractivity contribution >= 4 is 17.3 Å². The number of benzene rings is 2. The maximum absolute atomic E-state index is 12.3. The number of hydrogen-bond donors (Lipinski definition) is 2. The second-order valence-electron chi connectivity index (χ2n) is 5.12. The lowest BCUT2D eigenvalue weighted by Crippen LogP contribution is -2.15. The molecule has 10 nitrogen and oxygen atoms in total. The number of carbonyl (C=O) groups is 1. The molecule has 0 aliphatic heterocycles. The Bertz CT molecular complexity index is 1030. The van der Waals surface area contributed by atoms with E-state index in [2.05, 4.69) is 15.4 Å². The van der Waals surface area contributed by atoms with Gasteiger partial charge in [-0.2, -0.15) is 4.68 Å². The number of anilines is 1. The van der Waals surface area contributed by atoms with Crippen LogP contribution < -0.4 is 15.7 Å². The van der Waals surface area contributed by atoms with E-state index in [0.29, 0.717) is 5.69 Å². The number of ether oxygens (including phenoxy) is 1. The van der Waals surface area contributed by atoms with Crippen LogP contribution in [0.1, 0.15) is 10.6 Å². The second kappa shape index (κ2) is 6.89. The minimum atomic E-state index is -0.712. The lowest BCUT2D eigenvalue weighted by molar-refractivity contribution is -0.385. The van der Waals surface area contributed by atoms with Gasteiger partial charge in [0.25, 0.3) is 5.91 Å². The zero-order chi connectivity index (χ0) is 18.7. The third-order valence-corrected chi connectivity index (χ3v) is 3.47. The molecule has 132 valence electrons. The van der Waals surface area contributed by atoms with Gasteiger partial charge in [0, 0.05) is 11.8 Å². The summed E-state index contributed by atoms with van der Waals surface area (Å²) in [5, 5.41) is 17.4. The fourth-order valence-corrected chi connectivity index (χ4v) is 2.27. The van der Waals surface area contributed by atoms with E-state index in [0.717, 1.165) is 10.7 Å². The first kappa shape index (κ1) is 16.9. The monoisotopic (exact) mass is 355 g/mol. The van der Waals surface area contributed by atoms with E-state index < -0.39 is 16.5 Å². The molecule has 1 amide bonds. The highest BCUT2D eigenvalue weighted by molar-refractivity contribution is 6.01. The van der Waals surface area contributed by atoms with Crippen molar-refractivity contribution in [3.8, 4) is 11.4 Å². The van der Waals surface area contributed by atoms with Crippen molar-refractivity contribution in [2.45, 2.75) is 0 Å². The Morgan fingerprint density at radius 2 is 2.00 bits per heavy atom. The van der Waals surface area contributed by atoms with Crippen LogP contribution in [0.25, 0.3) is 5.69 Å². The third-order valence-electron chi connectivity index (χ3n) is 3.47. The molecule has 1 heterocycles. The normalized spacial score (nSPS) is 10.3. The van der Waals surface area contributed by atoms with Gasteiger partial charge in [-0.1, -0.05) is 18.2 Å². The molecule has 0 atom stereocenters. The van der Waals surface area contributed by atoms with E-state index in [4.69, 9.17) is 4.74 Å². The van der Waals surface area contributed by atoms with E-state index in [9.17, 15) is 19.7 Å². The van der Waals surface area contributed by atoms with Gasteiger partial charge in [0.15, 0.2) is 5.75 Å². The smallest absolute Gasteiger partial charge is 0.348 e. The number of aromatic amines is 1. The van der Waals surface area contributed by atoms with E-state index in [1.807, 2.05) is 0 Å². The van der Waals surface area contributed by atoms with E-state index in [1.165, 1.54) is 19.2 Å². The number of hydrogen-bond acceptors (Lipinski definition) is 6. The Labute approximate surface area is 146 Å². The molecule has 0 bridgehead atoms. The van der Waals surface area contributed by atoms with Crippen LogP contribution >= 0.6 is 0 Å². The van der Waals surface area contributed by atoms with Crippen molar-refractivity contribution in [3.63, 3.8) is 0 Å². The molecule has 0 saturated heterocycles. The first-order chi connectivity index (χ1) is 12.5. The number of amides is 1. The number of nitrogens with zero attached hydrogens (tertiary/aromatic N) is 3. The number of H-pyrrole nitrogens is 1. The number of methoxy groups -OCH3 is 1. The van der Waals surface area contributed by atoms with Gasteiger partial charge in [0.2, 0.25) is 5.82 Å². The number of nitrogens with one attached hydrogen (secondary N) is 2. The Morgan fingerprint density at radius 3 is 2.65 bits per heavy atom. The molecule has 1 aromatic heterocycles. The van der Waals surface area contributed by atoms with Crippen LogP contribution in [-0.2, 0) is 0 Å². The van der Waals surface area contributed by atoms with Crippen molar-refractivity contribution in [1.82, 2.24) is 14.8 Å². The predicted molar refractivity (Wildman–Crippen MR) is 91.8 cm³/mol. The van der Waals surface area contributed by atoms with Crippen LogP contribution in [0.2, 0.25) is 0 Å². The molecule has 0 radical (unpaired) electrons. The number of para-hydroxylation sites is 1. The van der Waals surface area contributed by atoms with Gasteiger partial charge >= 0.3 is 11.4 Å². The fraction of sp³-hybridized carbons (Fsp3) is 0.0625. The van der Waals surface area contributed by atoms with Crippen LogP contribution in [0.5, 0.6) is 5.75 Å². The number of nitro benzene ring substituents is 1. The summed E-state index contributed by atoms with van der Waals surface area (Å²) in [6, 6.07) is 12.5. The van der Waals surface area contributed by atoms with Crippen LogP contribution in [-0.4, -0.2) is 32.7 Å². The van der Waals surface area contributed by atoms with Gasteiger partial charge in [-0.05, 0) is 24.3 Å². The van der Waals surface area contributed by atoms with Crippen molar-refractivity contribution in [3.05, 3.63) is 75.0 Å². The van der Waals surface area contributed by atoms with Gasteiger partial charge in [0.1, 0.15) is 0 Å². The average molecular weight is 355 g/mol. The van der Waals surface area contributed by atoms with E-state index >= 15 is 0 Å². The van der Waals surface area contributed by atoms with Crippen molar-refractivity contribution < 1.29 is 14.5 Å². The predicted octanol–water partition coefficient (Wildman–Crippen LogP) is 1.73. The van der Waals surface area contributed by atoms with Crippen LogP contribution in [0.4, 0.5) is 11.4 Å². The number of rotatable bonds is 5. The number of aromatic nitrogens is 3. The number of carbonyl (C=O) groups excluding carboxylic acids is 1. The molecule has 0 fully saturated rings. The molecule has 3 rings (SSSR count). The molecule has 0 aliphatic rings. The maximum Gasteiger partial charge on any atom is 0.348 e. The maximum atomic E-state index is 12.3. The largest absolute Gasteiger partial charge is 0.490 e. The van der Waals surface area contributed by atoms with Crippen molar-refractivity contribution in [2.24, 2.45) is 0 Å². The Morgan fingerprint density at radius 1 is 1.27 bits per heavy atom. The fourth-order valence-electron chi connectivity index (χ4n) is 2.27. The highest BCUT2D eigenvalue weighted by atomic mass is 16.6. The van der Waals surface area contributed by atoms with Gasteiger partial charge in [-0.25, -0.2) is 4.79 Å². The van der Waals surface area contributed by atoms with Crippen LogP contribution in [0.3, 0.4) is 0 Å². The van der Waals surface area contributed by atoms with Gasteiger partial charge in [-0.15, -0.1) is 5.10 Å². The summed E-state index contributed by atoms with van der Waals surface area (Å²) >= 11 is 0. The molecular formula is C16H13N5O5. The summed E-state index contributed by atoms with van der Waals surface area (Å²) in [6.45, 7) is 0. The van der Waals surface area contributed by atoms with Gasteiger partial charge in [-0.3, -0.25) is 19.9 Å². The first-order valence-electron chi connectivity index (χ1n) is 7.38. The molecule has 3 aromatic rings. The summed E-state index contributed by atoms with van der Waals surface area (Å²) in [5.74, 6) is -0.872. The molecule has 0 aliphatic carbocycles. The zero-order valence-electron chi connectivity index (χ0n) is 13.5. The molecular weight excluding hydrogens is 342 g/mol. The highest BCUT2D eigenvalue weighted by Gasteiger charge is 2.18. The molecule has 0 unspecified atom stereocenters.